The second-order valence-electron chi connectivity index (χ2n) is 3.36. The summed E-state index contributed by atoms with van der Waals surface area (Å²) in [5.74, 6) is 0.768. The van der Waals surface area contributed by atoms with Crippen molar-refractivity contribution in [3.63, 3.8) is 0 Å². The van der Waals surface area contributed by atoms with Gasteiger partial charge in [0.25, 0.3) is 0 Å². The molecule has 1 unspecified atom stereocenters. The Morgan fingerprint density at radius 3 is 2.75 bits per heavy atom. The summed E-state index contributed by atoms with van der Waals surface area (Å²) in [5, 5.41) is 7.81. The third-order valence-electron chi connectivity index (χ3n) is 2.19. The Bertz CT molecular complexity index is 229. The highest BCUT2D eigenvalue weighted by Gasteiger charge is 2.00. The van der Waals surface area contributed by atoms with E-state index in [0.717, 1.165) is 12.5 Å². The van der Waals surface area contributed by atoms with Gasteiger partial charge >= 0.3 is 0 Å². The molecule has 1 aromatic rings. The fourth-order valence-corrected chi connectivity index (χ4v) is 1.77. The maximum atomic E-state index is 3.45. The lowest BCUT2D eigenvalue weighted by atomic mass is 10.1. The molecule has 0 amide bonds. The zero-order chi connectivity index (χ0) is 8.97. The molecule has 0 saturated carbocycles. The van der Waals surface area contributed by atoms with Crippen molar-refractivity contribution < 1.29 is 0 Å². The predicted molar refractivity (Wildman–Crippen MR) is 57.0 cm³/mol. The molecule has 1 N–H and O–H groups in total. The smallest absolute Gasteiger partial charge is 0.0478 e. The highest BCUT2D eigenvalue weighted by atomic mass is 32.1. The molecule has 0 radical (unpaired) electrons. The summed E-state index contributed by atoms with van der Waals surface area (Å²) in [6.07, 6.45) is 1.25. The molecule has 1 nitrogen and oxygen atoms in total. The van der Waals surface area contributed by atoms with Crippen molar-refractivity contribution in [3.8, 4) is 0 Å². The summed E-state index contributed by atoms with van der Waals surface area (Å²) < 4.78 is 0. The summed E-state index contributed by atoms with van der Waals surface area (Å²) in [5.41, 5.74) is 2.67. The molecule has 1 aromatic heterocycles. The van der Waals surface area contributed by atoms with Gasteiger partial charge in [-0.15, -0.1) is 11.3 Å². The number of anilines is 1. The first-order valence-electron chi connectivity index (χ1n) is 4.50. The molecule has 0 saturated heterocycles. The van der Waals surface area contributed by atoms with Gasteiger partial charge in [-0.25, -0.2) is 0 Å². The monoisotopic (exact) mass is 183 g/mol. The molecule has 68 valence electrons. The molecule has 1 rings (SSSR count). The summed E-state index contributed by atoms with van der Waals surface area (Å²) in [7, 11) is 0. The number of aryl methyl sites for hydroxylation is 1. The molecule has 1 atom stereocenters. The molecule has 0 bridgehead atoms. The fourth-order valence-electron chi connectivity index (χ4n) is 0.970. The van der Waals surface area contributed by atoms with Crippen LogP contribution < -0.4 is 5.32 Å². The van der Waals surface area contributed by atoms with Gasteiger partial charge in [-0.05, 0) is 23.8 Å². The van der Waals surface area contributed by atoms with Gasteiger partial charge in [-0.1, -0.05) is 20.3 Å². The Balaban J connectivity index is 2.38. The lowest BCUT2D eigenvalue weighted by molar-refractivity contribution is 0.593. The molecule has 0 aliphatic heterocycles. The average molecular weight is 183 g/mol. The summed E-state index contributed by atoms with van der Waals surface area (Å²) in [4.78, 5) is 0. The second-order valence-corrected chi connectivity index (χ2v) is 4.11. The Morgan fingerprint density at radius 1 is 1.50 bits per heavy atom. The van der Waals surface area contributed by atoms with E-state index in [1.54, 1.807) is 11.3 Å². The second kappa shape index (κ2) is 4.51. The zero-order valence-corrected chi connectivity index (χ0v) is 8.87. The lowest BCUT2D eigenvalue weighted by Crippen LogP contribution is -2.10. The number of nitrogens with one attached hydrogen (secondary N) is 1. The van der Waals surface area contributed by atoms with E-state index in [0.29, 0.717) is 0 Å². The van der Waals surface area contributed by atoms with Crippen LogP contribution in [0.5, 0.6) is 0 Å². The fraction of sp³-hybridized carbons (Fsp3) is 0.600. The molecular formula is C10H17NS. The standard InChI is InChI=1S/C10H17NS/c1-4-8(2)5-11-10-7-12-6-9(10)3/h6-8,11H,4-5H2,1-3H3. The Labute approximate surface area is 78.8 Å². The minimum atomic E-state index is 0.768. The van der Waals surface area contributed by atoms with E-state index < -0.39 is 0 Å². The normalized spacial score (nSPS) is 12.9. The van der Waals surface area contributed by atoms with Crippen LogP contribution in [0, 0.1) is 12.8 Å². The highest BCUT2D eigenvalue weighted by molar-refractivity contribution is 7.08. The van der Waals surface area contributed by atoms with Crippen LogP contribution in [0.4, 0.5) is 5.69 Å². The molecule has 2 heteroatoms. The number of hydrogen-bond acceptors (Lipinski definition) is 2. The molecule has 12 heavy (non-hydrogen) atoms. The minimum Gasteiger partial charge on any atom is -0.384 e. The van der Waals surface area contributed by atoms with Gasteiger partial charge in [0.2, 0.25) is 0 Å². The first kappa shape index (κ1) is 9.59. The predicted octanol–water partition coefficient (Wildman–Crippen LogP) is 3.51. The van der Waals surface area contributed by atoms with Crippen LogP contribution in [0.3, 0.4) is 0 Å². The maximum absolute atomic E-state index is 3.45. The van der Waals surface area contributed by atoms with Crippen molar-refractivity contribution in [2.75, 3.05) is 11.9 Å². The van der Waals surface area contributed by atoms with Gasteiger partial charge in [0.15, 0.2) is 0 Å². The molecule has 0 aromatic carbocycles. The SMILES string of the molecule is CCC(C)CNc1cscc1C. The maximum Gasteiger partial charge on any atom is 0.0478 e. The van der Waals surface area contributed by atoms with Crippen LogP contribution in [-0.2, 0) is 0 Å². The third-order valence-corrected chi connectivity index (χ3v) is 3.05. The van der Waals surface area contributed by atoms with Crippen LogP contribution in [0.15, 0.2) is 10.8 Å². The topological polar surface area (TPSA) is 12.0 Å². The molecule has 0 aliphatic carbocycles. The van der Waals surface area contributed by atoms with Crippen LogP contribution in [0.25, 0.3) is 0 Å². The molecule has 1 heterocycles. The van der Waals surface area contributed by atoms with E-state index in [9.17, 15) is 0 Å². The number of thiophene rings is 1. The van der Waals surface area contributed by atoms with E-state index in [4.69, 9.17) is 0 Å². The first-order chi connectivity index (χ1) is 5.74. The summed E-state index contributed by atoms with van der Waals surface area (Å²) >= 11 is 1.76. The third kappa shape index (κ3) is 2.52. The first-order valence-corrected chi connectivity index (χ1v) is 5.45. The van der Waals surface area contributed by atoms with Gasteiger partial charge in [0, 0.05) is 17.6 Å². The van der Waals surface area contributed by atoms with Gasteiger partial charge < -0.3 is 5.32 Å². The van der Waals surface area contributed by atoms with Gasteiger partial charge in [0.1, 0.15) is 0 Å². The minimum absolute atomic E-state index is 0.768. The van der Waals surface area contributed by atoms with Crippen LogP contribution in [0.1, 0.15) is 25.8 Å². The average Bonchev–Trinajstić information content (AvgIpc) is 2.47. The Kier molecular flexibility index (Phi) is 3.60. The van der Waals surface area contributed by atoms with E-state index in [1.165, 1.54) is 17.7 Å². The van der Waals surface area contributed by atoms with Gasteiger partial charge in [-0.2, -0.15) is 0 Å². The van der Waals surface area contributed by atoms with E-state index in [1.807, 2.05) is 0 Å². The van der Waals surface area contributed by atoms with Crippen molar-refractivity contribution in [2.45, 2.75) is 27.2 Å². The Morgan fingerprint density at radius 2 is 2.25 bits per heavy atom. The van der Waals surface area contributed by atoms with Crippen LogP contribution in [-0.4, -0.2) is 6.54 Å². The van der Waals surface area contributed by atoms with Crippen LogP contribution in [0.2, 0.25) is 0 Å². The van der Waals surface area contributed by atoms with Crippen molar-refractivity contribution in [2.24, 2.45) is 5.92 Å². The lowest BCUT2D eigenvalue weighted by Gasteiger charge is -2.10. The quantitative estimate of drug-likeness (QED) is 0.753. The zero-order valence-electron chi connectivity index (χ0n) is 8.05. The van der Waals surface area contributed by atoms with Crippen molar-refractivity contribution in [3.05, 3.63) is 16.3 Å². The van der Waals surface area contributed by atoms with Gasteiger partial charge in [0.05, 0.1) is 0 Å². The molecular weight excluding hydrogens is 166 g/mol. The molecule has 0 aliphatic rings. The Hall–Kier alpha value is -0.500. The van der Waals surface area contributed by atoms with Crippen LogP contribution >= 0.6 is 11.3 Å². The van der Waals surface area contributed by atoms with E-state index in [2.05, 4.69) is 36.8 Å². The molecule has 0 spiro atoms. The van der Waals surface area contributed by atoms with E-state index >= 15 is 0 Å². The summed E-state index contributed by atoms with van der Waals surface area (Å²) in [6, 6.07) is 0. The van der Waals surface area contributed by atoms with E-state index in [-0.39, 0.29) is 0 Å². The highest BCUT2D eigenvalue weighted by Crippen LogP contribution is 2.19. The largest absolute Gasteiger partial charge is 0.384 e. The number of rotatable bonds is 4. The van der Waals surface area contributed by atoms with Crippen molar-refractivity contribution >= 4 is 17.0 Å². The molecule has 0 fully saturated rings. The van der Waals surface area contributed by atoms with Gasteiger partial charge in [-0.3, -0.25) is 0 Å². The number of hydrogen-bond donors (Lipinski definition) is 1. The van der Waals surface area contributed by atoms with Crippen molar-refractivity contribution in [1.29, 1.82) is 0 Å². The summed E-state index contributed by atoms with van der Waals surface area (Å²) in [6.45, 7) is 7.74. The van der Waals surface area contributed by atoms with Crippen molar-refractivity contribution in [1.82, 2.24) is 0 Å².